The van der Waals surface area contributed by atoms with E-state index in [1.807, 2.05) is 0 Å². The number of anilines is 2. The zero-order valence-electron chi connectivity index (χ0n) is 18.8. The predicted molar refractivity (Wildman–Crippen MR) is 118 cm³/mol. The molecule has 0 fully saturated rings. The molecule has 1 N–H and O–H groups in total. The van der Waals surface area contributed by atoms with E-state index >= 15 is 4.39 Å². The number of pyridine rings is 3. The molecule has 0 radical (unpaired) electrons. The van der Waals surface area contributed by atoms with Crippen LogP contribution in [0.1, 0.15) is 29.9 Å². The van der Waals surface area contributed by atoms with Gasteiger partial charge in [-0.05, 0) is 31.2 Å². The minimum absolute atomic E-state index is 0.00352. The monoisotopic (exact) mass is 493 g/mol. The van der Waals surface area contributed by atoms with Gasteiger partial charge in [0, 0.05) is 18.3 Å². The van der Waals surface area contributed by atoms with Crippen molar-refractivity contribution in [2.24, 2.45) is 0 Å². The zero-order chi connectivity index (χ0) is 25.9. The summed E-state index contributed by atoms with van der Waals surface area (Å²) in [5.74, 6) is -3.12. The fraction of sp³-hybridized carbons (Fsp3) is 0.261. The van der Waals surface area contributed by atoms with Crippen molar-refractivity contribution in [3.05, 3.63) is 65.5 Å². The van der Waals surface area contributed by atoms with Crippen LogP contribution >= 0.6 is 0 Å². The molecule has 0 aromatic carbocycles. The molecule has 3 rings (SSSR count). The molecule has 3 aromatic heterocycles. The molecule has 0 saturated heterocycles. The van der Waals surface area contributed by atoms with Crippen LogP contribution in [0.5, 0.6) is 0 Å². The first-order valence-electron chi connectivity index (χ1n) is 10.2. The lowest BCUT2D eigenvalue weighted by Gasteiger charge is -2.24. The number of hydrogen-bond acceptors (Lipinski definition) is 6. The van der Waals surface area contributed by atoms with Gasteiger partial charge in [0.25, 0.3) is 0 Å². The maximum absolute atomic E-state index is 15.1. The van der Waals surface area contributed by atoms with Crippen LogP contribution in [0.15, 0.2) is 36.7 Å². The molecule has 0 aliphatic carbocycles. The number of likely N-dealkylation sites (N-methyl/N-ethyl adjacent to an activating group) is 1. The lowest BCUT2D eigenvalue weighted by atomic mass is 9.96. The molecule has 0 bridgehead atoms. The maximum atomic E-state index is 15.1. The molecule has 3 aromatic rings. The Morgan fingerprint density at radius 2 is 1.89 bits per heavy atom. The molecule has 1 amide bonds. The number of nitrogens with one attached hydrogen (secondary N) is 1. The molecule has 0 saturated carbocycles. The average Bonchev–Trinajstić information content (AvgIpc) is 2.77. The van der Waals surface area contributed by atoms with Crippen LogP contribution in [0.2, 0.25) is 0 Å². The van der Waals surface area contributed by atoms with Gasteiger partial charge in [-0.15, -0.1) is 0 Å². The average molecular weight is 493 g/mol. The highest BCUT2D eigenvalue weighted by Gasteiger charge is 2.32. The number of carbonyl (C=O) groups excluding carboxylic acids is 2. The van der Waals surface area contributed by atoms with Gasteiger partial charge in [0.15, 0.2) is 0 Å². The summed E-state index contributed by atoms with van der Waals surface area (Å²) >= 11 is 0. The van der Waals surface area contributed by atoms with Gasteiger partial charge in [-0.2, -0.15) is 17.6 Å². The third-order valence-electron chi connectivity index (χ3n) is 5.00. The Labute approximate surface area is 197 Å². The number of amides is 1. The number of rotatable bonds is 7. The second-order valence-electron chi connectivity index (χ2n) is 7.79. The van der Waals surface area contributed by atoms with Crippen molar-refractivity contribution in [3.8, 4) is 11.1 Å². The summed E-state index contributed by atoms with van der Waals surface area (Å²) in [7, 11) is 1.47. The highest BCUT2D eigenvalue weighted by atomic mass is 19.4. The van der Waals surface area contributed by atoms with Gasteiger partial charge in [-0.1, -0.05) is 6.92 Å². The molecule has 0 spiro atoms. The number of halogens is 5. The Morgan fingerprint density at radius 1 is 1.17 bits per heavy atom. The van der Waals surface area contributed by atoms with Gasteiger partial charge in [-0.25, -0.2) is 14.4 Å². The van der Waals surface area contributed by atoms with Gasteiger partial charge in [0.2, 0.25) is 11.9 Å². The van der Waals surface area contributed by atoms with E-state index in [0.717, 1.165) is 30.6 Å². The van der Waals surface area contributed by atoms with E-state index in [-0.39, 0.29) is 40.4 Å². The fourth-order valence-electron chi connectivity index (χ4n) is 3.38. The Bertz CT molecular complexity index is 1250. The molecule has 12 heteroatoms. The molecule has 184 valence electrons. The Balaban J connectivity index is 1.93. The van der Waals surface area contributed by atoms with Crippen LogP contribution in [-0.2, 0) is 15.8 Å². The summed E-state index contributed by atoms with van der Waals surface area (Å²) in [4.78, 5) is 36.3. The van der Waals surface area contributed by atoms with Crippen molar-refractivity contribution < 1.29 is 31.5 Å². The summed E-state index contributed by atoms with van der Waals surface area (Å²) in [5, 5.41) is 2.42. The molecular weight excluding hydrogens is 473 g/mol. The van der Waals surface area contributed by atoms with E-state index in [2.05, 4.69) is 20.3 Å². The molecule has 0 aliphatic heterocycles. The van der Waals surface area contributed by atoms with Crippen molar-refractivity contribution in [1.82, 2.24) is 15.0 Å². The fourth-order valence-corrected chi connectivity index (χ4v) is 3.38. The molecule has 1 atom stereocenters. The van der Waals surface area contributed by atoms with E-state index in [9.17, 15) is 27.2 Å². The van der Waals surface area contributed by atoms with Gasteiger partial charge in [0.05, 0.1) is 47.5 Å². The first kappa shape index (κ1) is 25.7. The number of hydrogen-bond donors (Lipinski definition) is 1. The number of aryl methyl sites for hydroxylation is 1. The number of nitrogens with zero attached hydrogens (tertiary/aromatic N) is 4. The van der Waals surface area contributed by atoms with Crippen LogP contribution in [0.25, 0.3) is 11.1 Å². The molecular formula is C23H20F5N5O2. The van der Waals surface area contributed by atoms with Crippen LogP contribution in [-0.4, -0.2) is 40.7 Å². The van der Waals surface area contributed by atoms with E-state index in [4.69, 9.17) is 0 Å². The highest BCUT2D eigenvalue weighted by Crippen LogP contribution is 2.37. The number of alkyl halides is 3. The third kappa shape index (κ3) is 5.94. The van der Waals surface area contributed by atoms with Crippen molar-refractivity contribution in [1.29, 1.82) is 0 Å². The second kappa shape index (κ2) is 10.1. The molecule has 35 heavy (non-hydrogen) atoms. The summed E-state index contributed by atoms with van der Waals surface area (Å²) in [6.07, 6.45) is -2.26. The lowest BCUT2D eigenvalue weighted by Crippen LogP contribution is -2.31. The van der Waals surface area contributed by atoms with Gasteiger partial charge >= 0.3 is 6.18 Å². The highest BCUT2D eigenvalue weighted by molar-refractivity contribution is 5.95. The molecule has 3 heterocycles. The number of aldehydes is 1. The van der Waals surface area contributed by atoms with Crippen molar-refractivity contribution >= 4 is 23.6 Å². The molecule has 0 aliphatic rings. The zero-order valence-corrected chi connectivity index (χ0v) is 18.8. The number of aromatic nitrogens is 3. The maximum Gasteiger partial charge on any atom is 0.433 e. The summed E-state index contributed by atoms with van der Waals surface area (Å²) in [6.45, 7) is 2.69. The standard InChI is InChI=1S/C23H20F5N5O2/c1-12(11-34)21-16(7-14(24)8-30-21)20-17(6-13(2)31-22(20)25)33(3)10-19(35)32-15-4-5-18(29-9-15)23(26,27)28/h4-9,11-12H,10H2,1-3H3,(H,32,35)/t12-/m1/s1. The molecule has 7 nitrogen and oxygen atoms in total. The predicted octanol–water partition coefficient (Wildman–Crippen LogP) is 4.52. The Kier molecular flexibility index (Phi) is 7.42. The van der Waals surface area contributed by atoms with E-state index in [1.54, 1.807) is 0 Å². The first-order valence-corrected chi connectivity index (χ1v) is 10.2. The SMILES string of the molecule is Cc1cc(N(C)CC(=O)Nc2ccc(C(F)(F)F)nc2)c(-c2cc(F)cnc2[C@H](C)C=O)c(F)n1. The smallest absolute Gasteiger partial charge is 0.365 e. The third-order valence-corrected chi connectivity index (χ3v) is 5.00. The van der Waals surface area contributed by atoms with E-state index < -0.39 is 35.5 Å². The van der Waals surface area contributed by atoms with Gasteiger partial charge < -0.3 is 15.0 Å². The van der Waals surface area contributed by atoms with Crippen LogP contribution < -0.4 is 10.2 Å². The van der Waals surface area contributed by atoms with Gasteiger partial charge in [-0.3, -0.25) is 9.78 Å². The Morgan fingerprint density at radius 3 is 2.49 bits per heavy atom. The van der Waals surface area contributed by atoms with Crippen molar-refractivity contribution in [3.63, 3.8) is 0 Å². The lowest BCUT2D eigenvalue weighted by molar-refractivity contribution is -0.141. The summed E-state index contributed by atoms with van der Waals surface area (Å²) in [6, 6.07) is 4.29. The minimum atomic E-state index is -4.62. The van der Waals surface area contributed by atoms with Crippen molar-refractivity contribution in [2.75, 3.05) is 23.8 Å². The topological polar surface area (TPSA) is 88.1 Å². The van der Waals surface area contributed by atoms with Crippen molar-refractivity contribution in [2.45, 2.75) is 25.9 Å². The minimum Gasteiger partial charge on any atom is -0.365 e. The summed E-state index contributed by atoms with van der Waals surface area (Å²) < 4.78 is 67.1. The van der Waals surface area contributed by atoms with E-state index in [1.165, 1.54) is 31.9 Å². The summed E-state index contributed by atoms with van der Waals surface area (Å²) in [5.41, 5.74) is -0.658. The van der Waals surface area contributed by atoms with Crippen LogP contribution in [0.4, 0.5) is 33.3 Å². The van der Waals surface area contributed by atoms with Crippen LogP contribution in [0.3, 0.4) is 0 Å². The quantitative estimate of drug-likeness (QED) is 0.296. The Hall–Kier alpha value is -3.96. The van der Waals surface area contributed by atoms with Gasteiger partial charge in [0.1, 0.15) is 17.8 Å². The first-order chi connectivity index (χ1) is 16.4. The van der Waals surface area contributed by atoms with E-state index in [0.29, 0.717) is 6.29 Å². The normalized spacial score (nSPS) is 12.2. The molecule has 0 unspecified atom stereocenters. The second-order valence-corrected chi connectivity index (χ2v) is 7.79. The number of carbonyl (C=O) groups is 2. The largest absolute Gasteiger partial charge is 0.433 e. The van der Waals surface area contributed by atoms with Crippen LogP contribution in [0, 0.1) is 18.7 Å².